The molecule has 0 bridgehead atoms. The Morgan fingerprint density at radius 1 is 1.35 bits per heavy atom. The molecule has 0 aliphatic heterocycles. The number of nitrogens with two attached hydrogens (primary N) is 1. The Kier molecular flexibility index (Phi) is 4.54. The highest BCUT2D eigenvalue weighted by Gasteiger charge is 2.39. The van der Waals surface area contributed by atoms with E-state index < -0.39 is 11.4 Å². The van der Waals surface area contributed by atoms with Crippen LogP contribution in [0.3, 0.4) is 0 Å². The number of aryl methyl sites for hydroxylation is 1. The van der Waals surface area contributed by atoms with Gasteiger partial charge in [-0.1, -0.05) is 0 Å². The minimum atomic E-state index is -0.987. The topological polar surface area (TPSA) is 116 Å². The first-order valence-corrected chi connectivity index (χ1v) is 10.4. The van der Waals surface area contributed by atoms with E-state index in [1.54, 1.807) is 10.9 Å². The SMILES string of the molecule is CCn1cc([C@]2(O)CCCC(c3nc4c5cc(F)c(OC)cc5nc(N)n4n3)C2)cn1. The monoisotopic (exact) mass is 425 g/mol. The van der Waals surface area contributed by atoms with E-state index in [2.05, 4.69) is 15.2 Å². The van der Waals surface area contributed by atoms with Gasteiger partial charge < -0.3 is 15.6 Å². The summed E-state index contributed by atoms with van der Waals surface area (Å²) in [6, 6.07) is 2.84. The van der Waals surface area contributed by atoms with E-state index >= 15 is 0 Å². The van der Waals surface area contributed by atoms with Crippen molar-refractivity contribution < 1.29 is 14.2 Å². The lowest BCUT2D eigenvalue weighted by atomic mass is 9.75. The Labute approximate surface area is 177 Å². The lowest BCUT2D eigenvalue weighted by Gasteiger charge is -2.35. The predicted octanol–water partition coefficient (Wildman–Crippen LogP) is 2.77. The molecule has 9 nitrogen and oxygen atoms in total. The van der Waals surface area contributed by atoms with Crippen molar-refractivity contribution in [1.29, 1.82) is 0 Å². The number of aliphatic hydroxyl groups is 1. The Morgan fingerprint density at radius 2 is 2.19 bits per heavy atom. The third-order valence-corrected chi connectivity index (χ3v) is 6.17. The first-order chi connectivity index (χ1) is 14.9. The molecule has 0 saturated heterocycles. The first kappa shape index (κ1) is 19.7. The van der Waals surface area contributed by atoms with Crippen LogP contribution in [0.4, 0.5) is 10.3 Å². The molecule has 3 heterocycles. The summed E-state index contributed by atoms with van der Waals surface area (Å²) in [7, 11) is 1.40. The quantitative estimate of drug-likeness (QED) is 0.516. The number of methoxy groups -OCH3 is 1. The van der Waals surface area contributed by atoms with Gasteiger partial charge >= 0.3 is 0 Å². The number of fused-ring (bicyclic) bond motifs is 3. The van der Waals surface area contributed by atoms with E-state index in [1.807, 2.05) is 13.1 Å². The van der Waals surface area contributed by atoms with Crippen LogP contribution in [0.5, 0.6) is 5.75 Å². The smallest absolute Gasteiger partial charge is 0.223 e. The van der Waals surface area contributed by atoms with Gasteiger partial charge in [0.05, 0.1) is 24.4 Å². The molecule has 1 aliphatic rings. The highest BCUT2D eigenvalue weighted by molar-refractivity contribution is 5.93. The lowest BCUT2D eigenvalue weighted by Crippen LogP contribution is -2.32. The first-order valence-electron chi connectivity index (χ1n) is 10.4. The van der Waals surface area contributed by atoms with Crippen LogP contribution in [0, 0.1) is 5.82 Å². The molecule has 3 N–H and O–H groups in total. The van der Waals surface area contributed by atoms with Crippen molar-refractivity contribution in [3.63, 3.8) is 0 Å². The summed E-state index contributed by atoms with van der Waals surface area (Å²) in [5, 5.41) is 20.7. The number of halogens is 1. The minimum Gasteiger partial charge on any atom is -0.494 e. The highest BCUT2D eigenvalue weighted by atomic mass is 19.1. The number of hydrogen-bond donors (Lipinski definition) is 2. The van der Waals surface area contributed by atoms with Crippen LogP contribution in [0.2, 0.25) is 0 Å². The Morgan fingerprint density at radius 3 is 2.94 bits per heavy atom. The summed E-state index contributed by atoms with van der Waals surface area (Å²) in [6.07, 6.45) is 6.43. The van der Waals surface area contributed by atoms with Gasteiger partial charge in [0.25, 0.3) is 0 Å². The second-order valence-electron chi connectivity index (χ2n) is 8.09. The molecule has 1 aliphatic carbocycles. The van der Waals surface area contributed by atoms with E-state index in [9.17, 15) is 9.50 Å². The normalized spacial score (nSPS) is 21.7. The molecule has 10 heteroatoms. The molecule has 31 heavy (non-hydrogen) atoms. The van der Waals surface area contributed by atoms with E-state index in [4.69, 9.17) is 15.5 Å². The fraction of sp³-hybridized carbons (Fsp3) is 0.429. The van der Waals surface area contributed by atoms with Crippen LogP contribution in [-0.4, -0.2) is 41.6 Å². The highest BCUT2D eigenvalue weighted by Crippen LogP contribution is 2.43. The summed E-state index contributed by atoms with van der Waals surface area (Å²) in [6.45, 7) is 2.75. The van der Waals surface area contributed by atoms with Crippen molar-refractivity contribution in [2.75, 3.05) is 12.8 Å². The van der Waals surface area contributed by atoms with Crippen molar-refractivity contribution in [2.45, 2.75) is 50.7 Å². The van der Waals surface area contributed by atoms with Gasteiger partial charge in [0.1, 0.15) is 0 Å². The number of hydrogen-bond acceptors (Lipinski definition) is 7. The molecular formula is C21H24FN7O2. The second-order valence-corrected chi connectivity index (χ2v) is 8.09. The van der Waals surface area contributed by atoms with Crippen LogP contribution in [0.1, 0.15) is 49.9 Å². The average molecular weight is 425 g/mol. The third kappa shape index (κ3) is 3.18. The Balaban J connectivity index is 1.56. The zero-order valence-electron chi connectivity index (χ0n) is 17.4. The maximum absolute atomic E-state index is 14.3. The van der Waals surface area contributed by atoms with Gasteiger partial charge in [0.15, 0.2) is 23.0 Å². The largest absolute Gasteiger partial charge is 0.494 e. The molecule has 1 unspecified atom stereocenters. The average Bonchev–Trinajstić information content (AvgIpc) is 3.42. The minimum absolute atomic E-state index is 0.0684. The predicted molar refractivity (Wildman–Crippen MR) is 112 cm³/mol. The van der Waals surface area contributed by atoms with Crippen molar-refractivity contribution in [3.05, 3.63) is 41.7 Å². The van der Waals surface area contributed by atoms with Gasteiger partial charge in [0.2, 0.25) is 5.95 Å². The van der Waals surface area contributed by atoms with Gasteiger partial charge in [-0.2, -0.15) is 9.61 Å². The number of nitrogen functional groups attached to an aromatic ring is 1. The van der Waals surface area contributed by atoms with Crippen LogP contribution >= 0.6 is 0 Å². The molecule has 0 amide bonds. The van der Waals surface area contributed by atoms with Gasteiger partial charge in [0, 0.05) is 35.7 Å². The number of aromatic nitrogens is 6. The Hall–Kier alpha value is -3.27. The van der Waals surface area contributed by atoms with Crippen molar-refractivity contribution >= 4 is 22.5 Å². The molecule has 0 spiro atoms. The molecule has 3 aromatic heterocycles. The fourth-order valence-corrected chi connectivity index (χ4v) is 4.49. The van der Waals surface area contributed by atoms with Crippen LogP contribution in [0.15, 0.2) is 24.5 Å². The summed E-state index contributed by atoms with van der Waals surface area (Å²) >= 11 is 0. The number of rotatable bonds is 4. The van der Waals surface area contributed by atoms with E-state index in [0.29, 0.717) is 35.2 Å². The summed E-state index contributed by atoms with van der Waals surface area (Å²) < 4.78 is 22.6. The van der Waals surface area contributed by atoms with E-state index in [0.717, 1.165) is 24.9 Å². The van der Waals surface area contributed by atoms with Crippen molar-refractivity contribution in [2.24, 2.45) is 0 Å². The number of ether oxygens (including phenoxy) is 1. The zero-order valence-corrected chi connectivity index (χ0v) is 17.4. The zero-order chi connectivity index (χ0) is 21.8. The number of benzene rings is 1. The summed E-state index contributed by atoms with van der Waals surface area (Å²) in [5.74, 6) is 0.242. The second kappa shape index (κ2) is 7.16. The van der Waals surface area contributed by atoms with Crippen LogP contribution in [0.25, 0.3) is 16.6 Å². The molecule has 1 fully saturated rings. The maximum atomic E-state index is 14.3. The van der Waals surface area contributed by atoms with E-state index in [1.165, 1.54) is 23.8 Å². The number of nitrogens with zero attached hydrogens (tertiary/aromatic N) is 6. The number of anilines is 1. The molecule has 1 aromatic carbocycles. The van der Waals surface area contributed by atoms with Gasteiger partial charge in [-0.05, 0) is 38.7 Å². The van der Waals surface area contributed by atoms with Gasteiger partial charge in [-0.3, -0.25) is 4.68 Å². The third-order valence-electron chi connectivity index (χ3n) is 6.17. The lowest BCUT2D eigenvalue weighted by molar-refractivity contribution is -0.00946. The van der Waals surface area contributed by atoms with Crippen LogP contribution in [-0.2, 0) is 12.1 Å². The summed E-state index contributed by atoms with van der Waals surface area (Å²) in [5.41, 5.74) is 6.85. The molecule has 162 valence electrons. The molecule has 1 saturated carbocycles. The van der Waals surface area contributed by atoms with Crippen molar-refractivity contribution in [1.82, 2.24) is 29.4 Å². The van der Waals surface area contributed by atoms with Crippen LogP contribution < -0.4 is 10.5 Å². The van der Waals surface area contributed by atoms with Gasteiger partial charge in [-0.15, -0.1) is 5.10 Å². The van der Waals surface area contributed by atoms with Crippen molar-refractivity contribution in [3.8, 4) is 5.75 Å². The Bertz CT molecular complexity index is 1280. The maximum Gasteiger partial charge on any atom is 0.223 e. The molecule has 2 atom stereocenters. The van der Waals surface area contributed by atoms with E-state index in [-0.39, 0.29) is 17.6 Å². The molecule has 5 rings (SSSR count). The molecule has 0 radical (unpaired) electrons. The van der Waals surface area contributed by atoms with Gasteiger partial charge in [-0.25, -0.2) is 14.4 Å². The fourth-order valence-electron chi connectivity index (χ4n) is 4.49. The molecule has 4 aromatic rings. The standard InChI is InChI=1S/C21H24FN7O2/c1-3-28-11-13(10-24-28)21(30)6-4-5-12(9-21)18-26-19-14-7-15(22)17(31-2)8-16(14)25-20(23)29(19)27-18/h7-8,10-12,30H,3-6,9H2,1-2H3,(H2,23,25)/t12?,21-/m0/s1. The molecular weight excluding hydrogens is 401 g/mol. The summed E-state index contributed by atoms with van der Waals surface area (Å²) in [4.78, 5) is 9.03.